The van der Waals surface area contributed by atoms with Gasteiger partial charge in [0.2, 0.25) is 0 Å². The highest BCUT2D eigenvalue weighted by molar-refractivity contribution is 5.74. The second-order valence-corrected chi connectivity index (χ2v) is 9.10. The van der Waals surface area contributed by atoms with Gasteiger partial charge in [-0.3, -0.25) is 4.68 Å². The Balaban J connectivity index is 0.000000364. The topological polar surface area (TPSA) is 97.9 Å². The number of carboxylic acids is 1. The Kier molecular flexibility index (Phi) is 7.25. The molecule has 0 saturated heterocycles. The maximum Gasteiger partial charge on any atom is 0.490 e. The van der Waals surface area contributed by atoms with E-state index in [0.717, 1.165) is 24.2 Å². The third kappa shape index (κ3) is 5.72. The van der Waals surface area contributed by atoms with Crippen LogP contribution in [0.3, 0.4) is 0 Å². The smallest absolute Gasteiger partial charge is 0.475 e. The number of carboxylic acid groups (broad SMARTS) is 1. The third-order valence-electron chi connectivity index (χ3n) is 6.54. The normalized spacial score (nSPS) is 18.1. The summed E-state index contributed by atoms with van der Waals surface area (Å²) in [6.07, 6.45) is 6.63. The highest BCUT2D eigenvalue weighted by atomic mass is 19.4. The zero-order valence-corrected chi connectivity index (χ0v) is 19.7. The molecule has 8 nitrogen and oxygen atoms in total. The van der Waals surface area contributed by atoms with Gasteiger partial charge in [0, 0.05) is 43.0 Å². The third-order valence-corrected chi connectivity index (χ3v) is 6.54. The van der Waals surface area contributed by atoms with Crippen LogP contribution in [0.25, 0.3) is 22.4 Å². The molecule has 3 heterocycles. The van der Waals surface area contributed by atoms with Crippen molar-refractivity contribution in [3.8, 4) is 22.4 Å². The van der Waals surface area contributed by atoms with E-state index in [1.165, 1.54) is 54.5 Å². The Morgan fingerprint density at radius 3 is 2.49 bits per heavy atom. The molecule has 188 valence electrons. The molecule has 2 N–H and O–H groups in total. The van der Waals surface area contributed by atoms with Gasteiger partial charge in [0.25, 0.3) is 0 Å². The molecule has 3 aromatic rings. The number of rotatable bonds is 3. The molecule has 1 unspecified atom stereocenters. The Labute approximate surface area is 201 Å². The summed E-state index contributed by atoms with van der Waals surface area (Å²) in [4.78, 5) is 8.90. The average Bonchev–Trinajstić information content (AvgIpc) is 3.38. The van der Waals surface area contributed by atoms with Crippen molar-refractivity contribution >= 4 is 5.97 Å². The Morgan fingerprint density at radius 2 is 1.86 bits per heavy atom. The summed E-state index contributed by atoms with van der Waals surface area (Å²) in [7, 11) is 1.97. The van der Waals surface area contributed by atoms with Crippen LogP contribution >= 0.6 is 0 Å². The van der Waals surface area contributed by atoms with E-state index in [0.29, 0.717) is 12.1 Å². The molecular formula is C24H29F3N6O2. The quantitative estimate of drug-likeness (QED) is 0.555. The fraction of sp³-hybridized carbons (Fsp3) is 0.500. The second kappa shape index (κ2) is 10.2. The van der Waals surface area contributed by atoms with Gasteiger partial charge in [-0.1, -0.05) is 36.6 Å². The predicted octanol–water partition coefficient (Wildman–Crippen LogP) is 4.65. The highest BCUT2D eigenvalue weighted by Gasteiger charge is 2.38. The number of nitrogens with zero attached hydrogens (tertiary/aromatic N) is 5. The molecule has 1 aliphatic carbocycles. The van der Waals surface area contributed by atoms with Gasteiger partial charge in [0.05, 0.1) is 17.6 Å². The SMILES string of the molecule is Cc1nnn2c1-c1ccc(-c3cnn(C)c3)cc1C(NC1CCCCC1)CC2.O=C(O)C(F)(F)F. The minimum atomic E-state index is -5.08. The van der Waals surface area contributed by atoms with Crippen molar-refractivity contribution in [2.24, 2.45) is 7.05 Å². The van der Waals surface area contributed by atoms with E-state index in [2.05, 4.69) is 56.7 Å². The first-order chi connectivity index (χ1) is 16.6. The Hall–Kier alpha value is -3.21. The molecular weight excluding hydrogens is 461 g/mol. The molecule has 1 aliphatic heterocycles. The van der Waals surface area contributed by atoms with Gasteiger partial charge in [-0.15, -0.1) is 5.10 Å². The highest BCUT2D eigenvalue weighted by Crippen LogP contribution is 2.38. The lowest BCUT2D eigenvalue weighted by Gasteiger charge is -2.29. The van der Waals surface area contributed by atoms with Crippen LogP contribution in [0.1, 0.15) is 55.8 Å². The molecule has 11 heteroatoms. The lowest BCUT2D eigenvalue weighted by Crippen LogP contribution is -2.34. The summed E-state index contributed by atoms with van der Waals surface area (Å²) in [5, 5.41) is 24.2. The van der Waals surface area contributed by atoms with Gasteiger partial charge in [-0.2, -0.15) is 18.3 Å². The van der Waals surface area contributed by atoms with Gasteiger partial charge in [0.15, 0.2) is 0 Å². The first kappa shape index (κ1) is 24.9. The first-order valence-corrected chi connectivity index (χ1v) is 11.7. The molecule has 0 bridgehead atoms. The fourth-order valence-electron chi connectivity index (χ4n) is 4.84. The maximum absolute atomic E-state index is 10.6. The van der Waals surface area contributed by atoms with Gasteiger partial charge < -0.3 is 10.4 Å². The first-order valence-electron chi connectivity index (χ1n) is 11.7. The van der Waals surface area contributed by atoms with Crippen LogP contribution in [-0.4, -0.2) is 48.1 Å². The van der Waals surface area contributed by atoms with Crippen LogP contribution in [0.15, 0.2) is 30.6 Å². The van der Waals surface area contributed by atoms with E-state index < -0.39 is 12.1 Å². The van der Waals surface area contributed by atoms with Gasteiger partial charge in [-0.05, 0) is 43.4 Å². The van der Waals surface area contributed by atoms with Crippen molar-refractivity contribution in [3.63, 3.8) is 0 Å². The molecule has 1 atom stereocenters. The average molecular weight is 491 g/mol. The number of benzene rings is 1. The van der Waals surface area contributed by atoms with E-state index in [9.17, 15) is 13.2 Å². The molecule has 35 heavy (non-hydrogen) atoms. The van der Waals surface area contributed by atoms with Gasteiger partial charge in [-0.25, -0.2) is 9.48 Å². The molecule has 0 amide bonds. The predicted molar refractivity (Wildman–Crippen MR) is 123 cm³/mol. The Bertz CT molecular complexity index is 1180. The van der Waals surface area contributed by atoms with Crippen molar-refractivity contribution in [3.05, 3.63) is 41.9 Å². The number of hydrogen-bond acceptors (Lipinski definition) is 5. The summed E-state index contributed by atoms with van der Waals surface area (Å²) in [5.41, 5.74) is 7.20. The van der Waals surface area contributed by atoms with Crippen LogP contribution in [-0.2, 0) is 18.4 Å². The minimum Gasteiger partial charge on any atom is -0.475 e. The zero-order chi connectivity index (χ0) is 25.2. The molecule has 0 radical (unpaired) electrons. The maximum atomic E-state index is 10.6. The van der Waals surface area contributed by atoms with E-state index in [1.54, 1.807) is 0 Å². The van der Waals surface area contributed by atoms with Crippen LogP contribution < -0.4 is 5.32 Å². The minimum absolute atomic E-state index is 0.343. The second-order valence-electron chi connectivity index (χ2n) is 9.10. The summed E-state index contributed by atoms with van der Waals surface area (Å²) in [6.45, 7) is 2.96. The van der Waals surface area contributed by atoms with Crippen LogP contribution in [0.2, 0.25) is 0 Å². The Morgan fingerprint density at radius 1 is 1.14 bits per heavy atom. The number of aromatic nitrogens is 5. The molecule has 0 spiro atoms. The number of aryl methyl sites for hydroxylation is 3. The van der Waals surface area contributed by atoms with Gasteiger partial charge in [0.1, 0.15) is 0 Å². The fourth-order valence-corrected chi connectivity index (χ4v) is 4.84. The van der Waals surface area contributed by atoms with E-state index in [4.69, 9.17) is 9.90 Å². The summed E-state index contributed by atoms with van der Waals surface area (Å²) in [6, 6.07) is 7.78. The van der Waals surface area contributed by atoms with Crippen molar-refractivity contribution in [1.82, 2.24) is 30.1 Å². The lowest BCUT2D eigenvalue weighted by molar-refractivity contribution is -0.192. The van der Waals surface area contributed by atoms with Crippen molar-refractivity contribution in [2.45, 2.75) is 70.3 Å². The van der Waals surface area contributed by atoms with Crippen LogP contribution in [0.5, 0.6) is 0 Å². The lowest BCUT2D eigenvalue weighted by atomic mass is 9.90. The molecule has 5 rings (SSSR count). The van der Waals surface area contributed by atoms with E-state index in [-0.39, 0.29) is 0 Å². The molecule has 1 fully saturated rings. The van der Waals surface area contributed by atoms with Crippen molar-refractivity contribution in [1.29, 1.82) is 0 Å². The molecule has 2 aromatic heterocycles. The van der Waals surface area contributed by atoms with E-state index >= 15 is 0 Å². The number of halogens is 3. The summed E-state index contributed by atoms with van der Waals surface area (Å²) < 4.78 is 35.7. The van der Waals surface area contributed by atoms with Crippen LogP contribution in [0.4, 0.5) is 13.2 Å². The number of nitrogens with one attached hydrogen (secondary N) is 1. The zero-order valence-electron chi connectivity index (χ0n) is 19.7. The summed E-state index contributed by atoms with van der Waals surface area (Å²) in [5.74, 6) is -2.76. The van der Waals surface area contributed by atoms with Crippen LogP contribution in [0, 0.1) is 6.92 Å². The number of fused-ring (bicyclic) bond motifs is 3. The largest absolute Gasteiger partial charge is 0.490 e. The number of aliphatic carboxylic acids is 1. The molecule has 1 saturated carbocycles. The molecule has 1 aromatic carbocycles. The number of hydrogen-bond donors (Lipinski definition) is 2. The number of carbonyl (C=O) groups is 1. The monoisotopic (exact) mass is 490 g/mol. The van der Waals surface area contributed by atoms with Crippen molar-refractivity contribution < 1.29 is 23.1 Å². The standard InChI is InChI=1S/C22H28N6.C2HF3O2/c1-15-22-19-9-8-16(17-13-23-27(2)14-17)12-20(19)21(10-11-28(22)26-25-15)24-18-6-4-3-5-7-18;3-2(4,5)1(6)7/h8-9,12-14,18,21,24H,3-7,10-11H2,1-2H3;(H,6,7). The molecule has 2 aliphatic rings. The van der Waals surface area contributed by atoms with E-state index in [1.807, 2.05) is 17.9 Å². The van der Waals surface area contributed by atoms with Crippen molar-refractivity contribution in [2.75, 3.05) is 0 Å². The number of alkyl halides is 3. The summed E-state index contributed by atoms with van der Waals surface area (Å²) >= 11 is 0. The van der Waals surface area contributed by atoms with Gasteiger partial charge >= 0.3 is 12.1 Å².